The van der Waals surface area contributed by atoms with Gasteiger partial charge in [-0.05, 0) is 30.2 Å². The molecular formula is C22H26N2O3. The van der Waals surface area contributed by atoms with E-state index >= 15 is 0 Å². The molecule has 2 aromatic rings. The van der Waals surface area contributed by atoms with Gasteiger partial charge in [0.15, 0.2) is 0 Å². The van der Waals surface area contributed by atoms with Gasteiger partial charge in [0.25, 0.3) is 5.91 Å². The average Bonchev–Trinajstić information content (AvgIpc) is 2.92. The molecule has 0 spiro atoms. The van der Waals surface area contributed by atoms with E-state index in [1.807, 2.05) is 48.5 Å². The highest BCUT2D eigenvalue weighted by atomic mass is 16.5. The molecule has 0 unspecified atom stereocenters. The fourth-order valence-electron chi connectivity index (χ4n) is 3.31. The lowest BCUT2D eigenvalue weighted by atomic mass is 10.1. The van der Waals surface area contributed by atoms with Gasteiger partial charge in [0.05, 0.1) is 13.2 Å². The van der Waals surface area contributed by atoms with Crippen LogP contribution in [-0.4, -0.2) is 18.4 Å². The van der Waals surface area contributed by atoms with E-state index in [1.54, 1.807) is 4.90 Å². The second-order valence-electron chi connectivity index (χ2n) is 6.82. The van der Waals surface area contributed by atoms with E-state index in [2.05, 4.69) is 12.2 Å². The van der Waals surface area contributed by atoms with Crippen LogP contribution in [0.4, 0.5) is 5.69 Å². The second-order valence-corrected chi connectivity index (χ2v) is 6.82. The van der Waals surface area contributed by atoms with Gasteiger partial charge < -0.3 is 15.0 Å². The van der Waals surface area contributed by atoms with Crippen LogP contribution in [0.25, 0.3) is 0 Å². The number of para-hydroxylation sites is 1. The fraction of sp³-hybridized carbons (Fsp3) is 0.364. The molecule has 3 rings (SSSR count). The smallest absolute Gasteiger partial charge is 0.254 e. The maximum absolute atomic E-state index is 12.9. The predicted octanol–water partition coefficient (Wildman–Crippen LogP) is 3.98. The molecule has 1 heterocycles. The van der Waals surface area contributed by atoms with E-state index in [4.69, 9.17) is 4.74 Å². The van der Waals surface area contributed by atoms with Gasteiger partial charge in [0.2, 0.25) is 5.91 Å². The Labute approximate surface area is 160 Å². The summed E-state index contributed by atoms with van der Waals surface area (Å²) in [4.78, 5) is 26.1. The van der Waals surface area contributed by atoms with Crippen molar-refractivity contribution in [1.29, 1.82) is 0 Å². The molecule has 142 valence electrons. The van der Waals surface area contributed by atoms with E-state index in [0.717, 1.165) is 35.6 Å². The van der Waals surface area contributed by atoms with Crippen molar-refractivity contribution >= 4 is 17.5 Å². The van der Waals surface area contributed by atoms with Gasteiger partial charge in [-0.25, -0.2) is 0 Å². The zero-order chi connectivity index (χ0) is 19.2. The number of amides is 2. The number of benzene rings is 2. The normalized spacial score (nSPS) is 15.6. The van der Waals surface area contributed by atoms with Gasteiger partial charge in [0.1, 0.15) is 11.8 Å². The molecule has 1 atom stereocenters. The maximum Gasteiger partial charge on any atom is 0.254 e. The molecule has 0 saturated heterocycles. The molecule has 0 aromatic heterocycles. The van der Waals surface area contributed by atoms with Crippen LogP contribution < -0.4 is 15.0 Å². The van der Waals surface area contributed by atoms with E-state index in [-0.39, 0.29) is 11.8 Å². The number of ether oxygens (including phenoxy) is 1. The van der Waals surface area contributed by atoms with Gasteiger partial charge in [-0.1, -0.05) is 50.1 Å². The Morgan fingerprint density at radius 3 is 2.56 bits per heavy atom. The van der Waals surface area contributed by atoms with Crippen molar-refractivity contribution in [2.24, 2.45) is 0 Å². The minimum atomic E-state index is -0.611. The molecule has 0 bridgehead atoms. The van der Waals surface area contributed by atoms with Gasteiger partial charge in [-0.2, -0.15) is 0 Å². The summed E-state index contributed by atoms with van der Waals surface area (Å²) < 4.78 is 5.74. The molecule has 1 aliphatic rings. The summed E-state index contributed by atoms with van der Waals surface area (Å²) in [6.45, 7) is 4.78. The highest BCUT2D eigenvalue weighted by Crippen LogP contribution is 2.36. The summed E-state index contributed by atoms with van der Waals surface area (Å²) in [7, 11) is 0. The maximum atomic E-state index is 12.9. The first kappa shape index (κ1) is 19.0. The first-order valence-corrected chi connectivity index (χ1v) is 9.49. The third-order valence-corrected chi connectivity index (χ3v) is 4.68. The third kappa shape index (κ3) is 4.48. The van der Waals surface area contributed by atoms with Crippen molar-refractivity contribution in [2.75, 3.05) is 11.5 Å². The third-order valence-electron chi connectivity index (χ3n) is 4.68. The summed E-state index contributed by atoms with van der Waals surface area (Å²) in [5.74, 6) is 0.528. The zero-order valence-electron chi connectivity index (χ0n) is 15.9. The quantitative estimate of drug-likeness (QED) is 0.719. The van der Waals surface area contributed by atoms with Crippen molar-refractivity contribution in [3.05, 3.63) is 59.7 Å². The minimum Gasteiger partial charge on any atom is -0.494 e. The zero-order valence-corrected chi connectivity index (χ0v) is 15.9. The molecule has 0 radical (unpaired) electrons. The molecule has 5 nitrogen and oxygen atoms in total. The Kier molecular flexibility index (Phi) is 6.12. The van der Waals surface area contributed by atoms with Crippen LogP contribution in [0.2, 0.25) is 0 Å². The fourth-order valence-corrected chi connectivity index (χ4v) is 3.31. The first-order chi connectivity index (χ1) is 13.1. The Morgan fingerprint density at radius 1 is 1.11 bits per heavy atom. The summed E-state index contributed by atoms with van der Waals surface area (Å²) in [6, 6.07) is 14.8. The highest BCUT2D eigenvalue weighted by Gasteiger charge is 2.37. The lowest BCUT2D eigenvalue weighted by Crippen LogP contribution is -2.36. The number of rotatable bonds is 8. The van der Waals surface area contributed by atoms with Gasteiger partial charge >= 0.3 is 0 Å². The monoisotopic (exact) mass is 366 g/mol. The predicted molar refractivity (Wildman–Crippen MR) is 106 cm³/mol. The molecule has 2 aromatic carbocycles. The van der Waals surface area contributed by atoms with E-state index in [1.165, 1.54) is 19.8 Å². The number of nitrogens with one attached hydrogen (secondary N) is 1. The Balaban J connectivity index is 1.70. The molecule has 0 aliphatic carbocycles. The summed E-state index contributed by atoms with van der Waals surface area (Å²) in [5, 5.41) is 2.76. The van der Waals surface area contributed by atoms with Crippen LogP contribution in [0, 0.1) is 0 Å². The minimum absolute atomic E-state index is 0.105. The number of unbranched alkanes of at least 4 members (excludes halogenated alkanes) is 2. The summed E-state index contributed by atoms with van der Waals surface area (Å²) >= 11 is 0. The number of anilines is 1. The van der Waals surface area contributed by atoms with Crippen LogP contribution in [-0.2, 0) is 16.1 Å². The van der Waals surface area contributed by atoms with Crippen molar-refractivity contribution in [3.63, 3.8) is 0 Å². The number of fused-ring (bicyclic) bond motifs is 1. The lowest BCUT2D eigenvalue weighted by molar-refractivity contribution is -0.126. The lowest BCUT2D eigenvalue weighted by Gasteiger charge is -2.18. The average molecular weight is 366 g/mol. The van der Waals surface area contributed by atoms with Crippen LogP contribution >= 0.6 is 0 Å². The molecule has 2 amide bonds. The van der Waals surface area contributed by atoms with Gasteiger partial charge in [-0.15, -0.1) is 0 Å². The van der Waals surface area contributed by atoms with Crippen molar-refractivity contribution in [2.45, 2.75) is 45.7 Å². The summed E-state index contributed by atoms with van der Waals surface area (Å²) in [5.41, 5.74) is 2.71. The van der Waals surface area contributed by atoms with Gasteiger partial charge in [-0.3, -0.25) is 9.59 Å². The standard InChI is InChI=1S/C22H26N2O3/c1-3-4-7-14-27-18-12-10-17(11-13-18)15-24-20-9-6-5-8-19(20)21(22(24)26)23-16(2)25/h5-6,8-13,21H,3-4,7,14-15H2,1-2H3,(H,23,25)/t21-/m0/s1. The molecule has 27 heavy (non-hydrogen) atoms. The molecule has 1 N–H and O–H groups in total. The van der Waals surface area contributed by atoms with Crippen molar-refractivity contribution < 1.29 is 14.3 Å². The Bertz CT molecular complexity index is 801. The Hall–Kier alpha value is -2.82. The highest BCUT2D eigenvalue weighted by molar-refractivity contribution is 6.06. The number of hydrogen-bond acceptors (Lipinski definition) is 3. The second kappa shape index (κ2) is 8.71. The van der Waals surface area contributed by atoms with Crippen LogP contribution in [0.15, 0.2) is 48.5 Å². The molecule has 0 saturated carbocycles. The summed E-state index contributed by atoms with van der Waals surface area (Å²) in [6.07, 6.45) is 3.40. The SMILES string of the molecule is CCCCCOc1ccc(CN2C(=O)[C@@H](NC(C)=O)c3ccccc32)cc1. The van der Waals surface area contributed by atoms with Crippen LogP contribution in [0.5, 0.6) is 5.75 Å². The largest absolute Gasteiger partial charge is 0.494 e. The van der Waals surface area contributed by atoms with Gasteiger partial charge in [0, 0.05) is 18.2 Å². The molecule has 5 heteroatoms. The first-order valence-electron chi connectivity index (χ1n) is 9.49. The number of hydrogen-bond donors (Lipinski definition) is 1. The molecule has 1 aliphatic heterocycles. The molecule has 0 fully saturated rings. The van der Waals surface area contributed by atoms with Crippen molar-refractivity contribution in [3.8, 4) is 5.75 Å². The number of nitrogens with zero attached hydrogens (tertiary/aromatic N) is 1. The number of carbonyl (C=O) groups excluding carboxylic acids is 2. The van der Waals surface area contributed by atoms with Crippen LogP contribution in [0.3, 0.4) is 0 Å². The van der Waals surface area contributed by atoms with Crippen molar-refractivity contribution in [1.82, 2.24) is 5.32 Å². The van der Waals surface area contributed by atoms with E-state index in [9.17, 15) is 9.59 Å². The molecular weight excluding hydrogens is 340 g/mol. The topological polar surface area (TPSA) is 58.6 Å². The number of carbonyl (C=O) groups is 2. The van der Waals surface area contributed by atoms with E-state index < -0.39 is 6.04 Å². The van der Waals surface area contributed by atoms with Crippen LogP contribution in [0.1, 0.15) is 50.3 Å². The van der Waals surface area contributed by atoms with E-state index in [0.29, 0.717) is 6.54 Å². The Morgan fingerprint density at radius 2 is 1.85 bits per heavy atom.